The first-order valence-corrected chi connectivity index (χ1v) is 10.0. The monoisotopic (exact) mass is 451 g/mol. The van der Waals surface area contributed by atoms with E-state index in [0.29, 0.717) is 11.3 Å². The summed E-state index contributed by atoms with van der Waals surface area (Å²) in [6.07, 6.45) is -4.77. The first-order chi connectivity index (χ1) is 14.3. The molecule has 0 aliphatic rings. The summed E-state index contributed by atoms with van der Waals surface area (Å²) in [5.41, 5.74) is 0.0511. The van der Waals surface area contributed by atoms with Crippen LogP contribution in [0.5, 0.6) is 5.75 Å². The van der Waals surface area contributed by atoms with E-state index in [1.54, 1.807) is 24.3 Å². The number of halogens is 3. The van der Waals surface area contributed by atoms with Crippen molar-refractivity contribution in [2.45, 2.75) is 11.2 Å². The number of hydrogen-bond acceptors (Lipinski definition) is 8. The Morgan fingerprint density at radius 2 is 2.17 bits per heavy atom. The number of carbonyl (C=O) groups is 1. The van der Waals surface area contributed by atoms with E-state index in [9.17, 15) is 23.2 Å². The molecule has 0 radical (unpaired) electrons. The number of thioether (sulfide) groups is 1. The van der Waals surface area contributed by atoms with Crippen LogP contribution in [0.15, 0.2) is 40.9 Å². The minimum atomic E-state index is -4.77. The first kappa shape index (κ1) is 21.5. The highest BCUT2D eigenvalue weighted by molar-refractivity contribution is 8.00. The fourth-order valence-electron chi connectivity index (χ4n) is 2.40. The molecule has 154 valence electrons. The van der Waals surface area contributed by atoms with E-state index >= 15 is 0 Å². The number of pyridine rings is 1. The molecule has 0 aliphatic heterocycles. The maximum Gasteiger partial charge on any atom is 0.417 e. The Kier molecular flexibility index (Phi) is 6.53. The number of nitriles is 1. The molecule has 2 heterocycles. The van der Waals surface area contributed by atoms with Gasteiger partial charge >= 0.3 is 6.18 Å². The number of alkyl halides is 3. The van der Waals surface area contributed by atoms with Gasteiger partial charge in [-0.15, -0.1) is 10.2 Å². The summed E-state index contributed by atoms with van der Waals surface area (Å²) in [7, 11) is 1.43. The summed E-state index contributed by atoms with van der Waals surface area (Å²) in [5.74, 6) is -0.333. The van der Waals surface area contributed by atoms with Gasteiger partial charge in [-0.3, -0.25) is 10.1 Å². The van der Waals surface area contributed by atoms with Crippen LogP contribution in [0, 0.1) is 11.3 Å². The second-order valence-electron chi connectivity index (χ2n) is 5.66. The molecule has 0 unspecified atom stereocenters. The smallest absolute Gasteiger partial charge is 0.417 e. The number of nitrogens with one attached hydrogen (secondary N) is 1. The molecule has 0 fully saturated rings. The van der Waals surface area contributed by atoms with Gasteiger partial charge in [-0.25, -0.2) is 4.98 Å². The molecule has 0 spiro atoms. The van der Waals surface area contributed by atoms with Gasteiger partial charge < -0.3 is 4.74 Å². The van der Waals surface area contributed by atoms with Crippen LogP contribution in [-0.4, -0.2) is 34.0 Å². The second-order valence-corrected chi connectivity index (χ2v) is 7.45. The first-order valence-electron chi connectivity index (χ1n) is 8.17. The molecule has 3 rings (SSSR count). The number of benzene rings is 1. The fourth-order valence-corrected chi connectivity index (χ4v) is 3.67. The fraction of sp³-hybridized carbons (Fsp3) is 0.167. The Labute approximate surface area is 176 Å². The second kappa shape index (κ2) is 9.10. The highest BCUT2D eigenvalue weighted by atomic mass is 32.2. The van der Waals surface area contributed by atoms with Crippen molar-refractivity contribution in [3.8, 4) is 23.1 Å². The van der Waals surface area contributed by atoms with Crippen molar-refractivity contribution >= 4 is 34.1 Å². The number of aromatic nitrogens is 3. The van der Waals surface area contributed by atoms with Crippen LogP contribution >= 0.6 is 23.1 Å². The lowest BCUT2D eigenvalue weighted by Gasteiger charge is -2.14. The van der Waals surface area contributed by atoms with Crippen molar-refractivity contribution in [1.29, 1.82) is 5.26 Å². The van der Waals surface area contributed by atoms with E-state index in [2.05, 4.69) is 20.5 Å². The highest BCUT2D eigenvalue weighted by Gasteiger charge is 2.36. The third-order valence-electron chi connectivity index (χ3n) is 3.72. The molecule has 3 aromatic rings. The molecule has 7 nitrogen and oxygen atoms in total. The van der Waals surface area contributed by atoms with Crippen molar-refractivity contribution in [3.63, 3.8) is 0 Å². The topological polar surface area (TPSA) is 101 Å². The summed E-state index contributed by atoms with van der Waals surface area (Å²) in [6.45, 7) is 0. The number of rotatable bonds is 6. The molecule has 30 heavy (non-hydrogen) atoms. The SMILES string of the molecule is COc1cccc(-c2cc(C(F)(F)F)c(C#N)c(SCC(=O)Nc3nncs3)n2)c1. The van der Waals surface area contributed by atoms with Gasteiger partial charge in [0.05, 0.1) is 29.7 Å². The molecule has 1 aromatic carbocycles. The molecular formula is C18H12F3N5O2S2. The van der Waals surface area contributed by atoms with Gasteiger partial charge in [0.15, 0.2) is 0 Å². The van der Waals surface area contributed by atoms with Crippen LogP contribution < -0.4 is 10.1 Å². The van der Waals surface area contributed by atoms with E-state index in [1.807, 2.05) is 0 Å². The quantitative estimate of drug-likeness (QED) is 0.560. The van der Waals surface area contributed by atoms with Crippen LogP contribution in [0.4, 0.5) is 18.3 Å². The van der Waals surface area contributed by atoms with E-state index in [1.165, 1.54) is 18.7 Å². The highest BCUT2D eigenvalue weighted by Crippen LogP contribution is 2.38. The van der Waals surface area contributed by atoms with Crippen LogP contribution in [0.3, 0.4) is 0 Å². The third-order valence-corrected chi connectivity index (χ3v) is 5.30. The predicted molar refractivity (Wildman–Crippen MR) is 105 cm³/mol. The van der Waals surface area contributed by atoms with Gasteiger partial charge in [-0.2, -0.15) is 18.4 Å². The summed E-state index contributed by atoms with van der Waals surface area (Å²) < 4.78 is 45.9. The molecule has 0 aliphatic carbocycles. The average Bonchev–Trinajstić information content (AvgIpc) is 3.23. The Hall–Kier alpha value is -3.17. The largest absolute Gasteiger partial charge is 0.497 e. The lowest BCUT2D eigenvalue weighted by atomic mass is 10.1. The van der Waals surface area contributed by atoms with Crippen molar-refractivity contribution in [3.05, 3.63) is 47.0 Å². The predicted octanol–water partition coefficient (Wildman–Crippen LogP) is 4.23. The van der Waals surface area contributed by atoms with Gasteiger partial charge in [-0.05, 0) is 18.2 Å². The Bertz CT molecular complexity index is 1100. The molecule has 0 bridgehead atoms. The number of carbonyl (C=O) groups excluding carboxylic acids is 1. The number of nitrogens with zero attached hydrogens (tertiary/aromatic N) is 4. The van der Waals surface area contributed by atoms with Gasteiger partial charge in [0.2, 0.25) is 11.0 Å². The van der Waals surface area contributed by atoms with Crippen molar-refractivity contribution in [2.24, 2.45) is 0 Å². The van der Waals surface area contributed by atoms with Crippen LogP contribution in [-0.2, 0) is 11.0 Å². The summed E-state index contributed by atoms with van der Waals surface area (Å²) in [5, 5.41) is 19.1. The van der Waals surface area contributed by atoms with Gasteiger partial charge in [0, 0.05) is 5.56 Å². The lowest BCUT2D eigenvalue weighted by molar-refractivity contribution is -0.138. The van der Waals surface area contributed by atoms with Gasteiger partial charge in [0.25, 0.3) is 0 Å². The zero-order valence-electron chi connectivity index (χ0n) is 15.2. The maximum absolute atomic E-state index is 13.6. The zero-order valence-corrected chi connectivity index (χ0v) is 16.9. The Morgan fingerprint density at radius 1 is 1.37 bits per heavy atom. The van der Waals surface area contributed by atoms with Crippen LogP contribution in [0.1, 0.15) is 11.1 Å². The summed E-state index contributed by atoms with van der Waals surface area (Å²) >= 11 is 1.83. The maximum atomic E-state index is 13.6. The van der Waals surface area contributed by atoms with Crippen molar-refractivity contribution in [2.75, 3.05) is 18.2 Å². The minimum absolute atomic E-state index is 0.00672. The Morgan fingerprint density at radius 3 is 2.80 bits per heavy atom. The molecule has 0 saturated carbocycles. The van der Waals surface area contributed by atoms with Crippen molar-refractivity contribution in [1.82, 2.24) is 15.2 Å². The van der Waals surface area contributed by atoms with Gasteiger partial charge in [-0.1, -0.05) is 35.2 Å². The minimum Gasteiger partial charge on any atom is -0.497 e. The van der Waals surface area contributed by atoms with Crippen LogP contribution in [0.2, 0.25) is 0 Å². The lowest BCUT2D eigenvalue weighted by Crippen LogP contribution is -2.15. The molecule has 0 atom stereocenters. The number of amides is 1. The average molecular weight is 451 g/mol. The van der Waals surface area contributed by atoms with Gasteiger partial charge in [0.1, 0.15) is 22.4 Å². The standard InChI is InChI=1S/C18H12F3N5O2S2/c1-28-11-4-2-3-10(5-11)14-6-13(18(19,20)21)12(7-22)16(24-14)29-8-15(27)25-17-26-23-9-30-17/h2-6,9H,8H2,1H3,(H,25,26,27). The molecule has 2 aromatic heterocycles. The molecule has 1 N–H and O–H groups in total. The summed E-state index contributed by atoms with van der Waals surface area (Å²) in [4.78, 5) is 16.3. The molecule has 0 saturated heterocycles. The van der Waals surface area contributed by atoms with E-state index < -0.39 is 23.2 Å². The van der Waals surface area contributed by atoms with Crippen LogP contribution in [0.25, 0.3) is 11.3 Å². The van der Waals surface area contributed by atoms with E-state index in [-0.39, 0.29) is 21.6 Å². The molecule has 1 amide bonds. The molecule has 12 heteroatoms. The number of ether oxygens (including phenoxy) is 1. The number of methoxy groups -OCH3 is 1. The molecular weight excluding hydrogens is 439 g/mol. The summed E-state index contributed by atoms with van der Waals surface area (Å²) in [6, 6.07) is 8.75. The normalized spacial score (nSPS) is 11.0. The number of hydrogen-bond donors (Lipinski definition) is 1. The zero-order chi connectivity index (χ0) is 21.7. The van der Waals surface area contributed by atoms with Crippen molar-refractivity contribution < 1.29 is 22.7 Å². The van der Waals surface area contributed by atoms with E-state index in [0.717, 1.165) is 29.2 Å². The number of anilines is 1. The Balaban J connectivity index is 1.97. The third kappa shape index (κ3) is 5.05. The van der Waals surface area contributed by atoms with E-state index in [4.69, 9.17) is 4.74 Å².